The molecule has 0 aliphatic heterocycles. The number of anilines is 2. The van der Waals surface area contributed by atoms with Gasteiger partial charge in [-0.2, -0.15) is 5.10 Å². The average Bonchev–Trinajstić information content (AvgIpc) is 3.53. The molecule has 0 bridgehead atoms. The number of ether oxygens (including phenoxy) is 1. The van der Waals surface area contributed by atoms with Crippen molar-refractivity contribution in [1.82, 2.24) is 14.8 Å². The van der Waals surface area contributed by atoms with Gasteiger partial charge in [-0.05, 0) is 43.7 Å². The fraction of sp³-hybridized carbons (Fsp3) is 0.296. The first kappa shape index (κ1) is 27.1. The van der Waals surface area contributed by atoms with E-state index in [-0.39, 0.29) is 19.7 Å². The first-order valence-corrected chi connectivity index (χ1v) is 13.5. The van der Waals surface area contributed by atoms with Gasteiger partial charge in [0.25, 0.3) is 0 Å². The van der Waals surface area contributed by atoms with Crippen LogP contribution in [0.4, 0.5) is 10.7 Å². The van der Waals surface area contributed by atoms with Gasteiger partial charge in [0.2, 0.25) is 0 Å². The van der Waals surface area contributed by atoms with Crippen molar-refractivity contribution in [3.63, 3.8) is 0 Å². The van der Waals surface area contributed by atoms with Gasteiger partial charge in [0.1, 0.15) is 23.3 Å². The second-order valence-corrected chi connectivity index (χ2v) is 10.5. The van der Waals surface area contributed by atoms with Crippen molar-refractivity contribution in [2.75, 3.05) is 18.1 Å². The van der Waals surface area contributed by atoms with E-state index >= 15 is 0 Å². The van der Waals surface area contributed by atoms with Gasteiger partial charge < -0.3 is 14.7 Å². The van der Waals surface area contributed by atoms with Crippen molar-refractivity contribution >= 4 is 51.2 Å². The lowest BCUT2D eigenvalue weighted by atomic mass is 9.92. The molecule has 4 aromatic rings. The smallest absolute Gasteiger partial charge is 0.341 e. The van der Waals surface area contributed by atoms with Crippen LogP contribution >= 0.6 is 34.5 Å². The normalized spacial score (nSPS) is 12.8. The van der Waals surface area contributed by atoms with E-state index in [1.165, 1.54) is 24.0 Å². The molecule has 1 N–H and O–H groups in total. The molecule has 7 nitrogen and oxygen atoms in total. The van der Waals surface area contributed by atoms with Crippen LogP contribution < -0.4 is 4.90 Å². The van der Waals surface area contributed by atoms with Gasteiger partial charge in [-0.3, -0.25) is 0 Å². The van der Waals surface area contributed by atoms with Crippen LogP contribution in [0.3, 0.4) is 0 Å². The number of halogens is 2. The molecule has 0 aliphatic carbocycles. The SMILES string of the molecule is CCCc1cc(C(=O)OCC)c(N(CC(O)(Cn2cncn2)c2ccc(Cl)cc2Cl)c2ccccc2)s1. The van der Waals surface area contributed by atoms with Crippen molar-refractivity contribution < 1.29 is 14.6 Å². The fourth-order valence-electron chi connectivity index (χ4n) is 4.18. The molecule has 0 aliphatic rings. The zero-order valence-corrected chi connectivity index (χ0v) is 22.9. The summed E-state index contributed by atoms with van der Waals surface area (Å²) in [5, 5.41) is 18.0. The molecule has 1 unspecified atom stereocenters. The Kier molecular flexibility index (Phi) is 8.87. The Bertz CT molecular complexity index is 1330. The van der Waals surface area contributed by atoms with Gasteiger partial charge in [0.05, 0.1) is 25.3 Å². The van der Waals surface area contributed by atoms with Crippen LogP contribution in [0.25, 0.3) is 0 Å². The highest BCUT2D eigenvalue weighted by atomic mass is 35.5. The molecule has 4 rings (SSSR count). The number of thiophene rings is 1. The molecule has 194 valence electrons. The minimum Gasteiger partial charge on any atom is -0.462 e. The summed E-state index contributed by atoms with van der Waals surface area (Å²) >= 11 is 14.3. The molecule has 0 saturated carbocycles. The Morgan fingerprint density at radius 3 is 2.59 bits per heavy atom. The summed E-state index contributed by atoms with van der Waals surface area (Å²) in [6.07, 6.45) is 4.71. The van der Waals surface area contributed by atoms with Crippen LogP contribution in [0, 0.1) is 0 Å². The number of hydrogen-bond acceptors (Lipinski definition) is 7. The number of aliphatic hydroxyl groups is 1. The number of benzene rings is 2. The van der Waals surface area contributed by atoms with E-state index in [2.05, 4.69) is 17.0 Å². The molecule has 10 heteroatoms. The second kappa shape index (κ2) is 12.1. The Labute approximate surface area is 230 Å². The summed E-state index contributed by atoms with van der Waals surface area (Å²) in [4.78, 5) is 20.1. The lowest BCUT2D eigenvalue weighted by Gasteiger charge is -2.36. The van der Waals surface area contributed by atoms with Crippen molar-refractivity contribution in [2.45, 2.75) is 38.8 Å². The average molecular weight is 560 g/mol. The van der Waals surface area contributed by atoms with E-state index in [0.717, 1.165) is 23.4 Å². The Morgan fingerprint density at radius 2 is 1.95 bits per heavy atom. The van der Waals surface area contributed by atoms with Gasteiger partial charge in [-0.1, -0.05) is 60.8 Å². The van der Waals surface area contributed by atoms with E-state index < -0.39 is 11.6 Å². The number of rotatable bonds is 11. The van der Waals surface area contributed by atoms with Crippen LogP contribution in [-0.2, 0) is 23.3 Å². The number of esters is 1. The van der Waals surface area contributed by atoms with Gasteiger partial charge in [0.15, 0.2) is 0 Å². The highest BCUT2D eigenvalue weighted by molar-refractivity contribution is 7.16. The maximum Gasteiger partial charge on any atom is 0.341 e. The monoisotopic (exact) mass is 558 g/mol. The molecule has 1 atom stereocenters. The molecule has 2 aromatic heterocycles. The summed E-state index contributed by atoms with van der Waals surface area (Å²) in [6.45, 7) is 4.28. The molecule has 2 heterocycles. The maximum absolute atomic E-state index is 13.0. The van der Waals surface area contributed by atoms with E-state index in [0.29, 0.717) is 26.2 Å². The summed E-state index contributed by atoms with van der Waals surface area (Å²) < 4.78 is 6.95. The van der Waals surface area contributed by atoms with E-state index in [9.17, 15) is 9.90 Å². The minimum atomic E-state index is -1.54. The van der Waals surface area contributed by atoms with Gasteiger partial charge in [0, 0.05) is 26.2 Å². The molecule has 2 aromatic carbocycles. The van der Waals surface area contributed by atoms with Crippen LogP contribution in [0.2, 0.25) is 10.0 Å². The number of nitrogens with zero attached hydrogens (tertiary/aromatic N) is 4. The molecular weight excluding hydrogens is 531 g/mol. The van der Waals surface area contributed by atoms with Crippen molar-refractivity contribution in [2.24, 2.45) is 0 Å². The molecular formula is C27H28Cl2N4O3S. The van der Waals surface area contributed by atoms with E-state index in [4.69, 9.17) is 27.9 Å². The van der Waals surface area contributed by atoms with E-state index in [1.54, 1.807) is 29.8 Å². The van der Waals surface area contributed by atoms with E-state index in [1.807, 2.05) is 41.3 Å². The Hall–Kier alpha value is -2.91. The van der Waals surface area contributed by atoms with Crippen molar-refractivity contribution in [1.29, 1.82) is 0 Å². The van der Waals surface area contributed by atoms with Gasteiger partial charge in [-0.15, -0.1) is 11.3 Å². The summed E-state index contributed by atoms with van der Waals surface area (Å²) in [5.41, 5.74) is 0.217. The zero-order chi connectivity index (χ0) is 26.4. The number of aromatic nitrogens is 3. The third-order valence-corrected chi connectivity index (χ3v) is 7.58. The van der Waals surface area contributed by atoms with Gasteiger partial charge in [-0.25, -0.2) is 14.5 Å². The molecule has 0 radical (unpaired) electrons. The van der Waals surface area contributed by atoms with Crippen LogP contribution in [0.5, 0.6) is 0 Å². The Morgan fingerprint density at radius 1 is 1.16 bits per heavy atom. The molecule has 0 fully saturated rings. The van der Waals surface area contributed by atoms with Crippen LogP contribution in [0.15, 0.2) is 67.3 Å². The quantitative estimate of drug-likeness (QED) is 0.211. The predicted octanol–water partition coefficient (Wildman–Crippen LogP) is 6.50. The highest BCUT2D eigenvalue weighted by Gasteiger charge is 2.37. The second-order valence-electron chi connectivity index (χ2n) is 8.57. The molecule has 0 saturated heterocycles. The summed E-state index contributed by atoms with van der Waals surface area (Å²) in [6, 6.07) is 16.5. The number of aryl methyl sites for hydroxylation is 1. The third kappa shape index (κ3) is 6.33. The predicted molar refractivity (Wildman–Crippen MR) is 148 cm³/mol. The highest BCUT2D eigenvalue weighted by Crippen LogP contribution is 2.41. The molecule has 0 amide bonds. The topological polar surface area (TPSA) is 80.5 Å². The number of hydrogen-bond donors (Lipinski definition) is 1. The largest absolute Gasteiger partial charge is 0.462 e. The number of carbonyl (C=O) groups excluding carboxylic acids is 1. The maximum atomic E-state index is 13.0. The number of para-hydroxylation sites is 1. The molecule has 0 spiro atoms. The minimum absolute atomic E-state index is 0.0662. The molecule has 37 heavy (non-hydrogen) atoms. The first-order valence-electron chi connectivity index (χ1n) is 12.0. The Balaban J connectivity index is 1.87. The van der Waals surface area contributed by atoms with Crippen LogP contribution in [-0.4, -0.2) is 39.0 Å². The summed E-state index contributed by atoms with van der Waals surface area (Å²) in [5.74, 6) is -0.402. The zero-order valence-electron chi connectivity index (χ0n) is 20.6. The summed E-state index contributed by atoms with van der Waals surface area (Å²) in [7, 11) is 0. The van der Waals surface area contributed by atoms with Crippen LogP contribution in [0.1, 0.15) is 41.1 Å². The lowest BCUT2D eigenvalue weighted by Crippen LogP contribution is -2.43. The first-order chi connectivity index (χ1) is 17.8. The third-order valence-electron chi connectivity index (χ3n) is 5.81. The van der Waals surface area contributed by atoms with Crippen molar-refractivity contribution in [3.05, 3.63) is 93.3 Å². The lowest BCUT2D eigenvalue weighted by molar-refractivity contribution is 0.0241. The fourth-order valence-corrected chi connectivity index (χ4v) is 6.02. The number of carbonyl (C=O) groups is 1. The van der Waals surface area contributed by atoms with Gasteiger partial charge >= 0.3 is 5.97 Å². The standard InChI is InChI=1S/C27H28Cl2N4O3S/c1-3-8-21-14-22(26(34)36-4-2)25(37-21)33(20-9-6-5-7-10-20)16-27(35,15-32-18-30-17-31-32)23-12-11-19(28)13-24(23)29/h5-7,9-14,17-18,35H,3-4,8,15-16H2,1-2H3. The van der Waals surface area contributed by atoms with Crippen molar-refractivity contribution in [3.8, 4) is 0 Å².